The van der Waals surface area contributed by atoms with Crippen molar-refractivity contribution in [3.05, 3.63) is 21.9 Å². The van der Waals surface area contributed by atoms with Gasteiger partial charge in [0.1, 0.15) is 10.0 Å². The first kappa shape index (κ1) is 11.9. The van der Waals surface area contributed by atoms with Crippen LogP contribution in [0.2, 0.25) is 5.15 Å². The first-order chi connectivity index (χ1) is 6.47. The number of hydrogen-bond acceptors (Lipinski definition) is 3. The Bertz CT molecular complexity index is 435. The molecule has 1 heterocycles. The van der Waals surface area contributed by atoms with E-state index in [2.05, 4.69) is 25.6 Å². The summed E-state index contributed by atoms with van der Waals surface area (Å²) >= 11 is 8.74. The molecule has 0 atom stereocenters. The van der Waals surface area contributed by atoms with Crippen LogP contribution in [0.4, 0.5) is 0 Å². The van der Waals surface area contributed by atoms with Gasteiger partial charge >= 0.3 is 0 Å². The molecule has 1 aromatic heterocycles. The highest BCUT2D eigenvalue weighted by Gasteiger charge is 2.14. The van der Waals surface area contributed by atoms with Crippen molar-refractivity contribution in [2.75, 3.05) is 6.54 Å². The van der Waals surface area contributed by atoms with Gasteiger partial charge in [-0.2, -0.15) is 0 Å². The van der Waals surface area contributed by atoms with Crippen LogP contribution in [0.15, 0.2) is 21.6 Å². The maximum atomic E-state index is 11.5. The molecule has 0 aliphatic carbocycles. The van der Waals surface area contributed by atoms with Gasteiger partial charge in [-0.15, -0.1) is 0 Å². The molecule has 0 fully saturated rings. The van der Waals surface area contributed by atoms with E-state index >= 15 is 0 Å². The molecule has 0 saturated heterocycles. The maximum absolute atomic E-state index is 11.5. The van der Waals surface area contributed by atoms with Gasteiger partial charge in [0.15, 0.2) is 0 Å². The fraction of sp³-hybridized carbons (Fsp3) is 0.286. The molecule has 0 amide bonds. The van der Waals surface area contributed by atoms with Gasteiger partial charge in [0.25, 0.3) is 0 Å². The normalized spacial score (nSPS) is 11.6. The monoisotopic (exact) mass is 298 g/mol. The third-order valence-electron chi connectivity index (χ3n) is 1.42. The zero-order valence-corrected chi connectivity index (χ0v) is 10.4. The molecular weight excluding hydrogens is 292 g/mol. The van der Waals surface area contributed by atoms with E-state index in [4.69, 9.17) is 11.6 Å². The Hall–Kier alpha value is -0.170. The average molecular weight is 300 g/mol. The number of hydrogen-bond donors (Lipinski definition) is 1. The predicted molar refractivity (Wildman–Crippen MR) is 57.8 cm³/mol. The molecule has 0 spiro atoms. The molecule has 0 aromatic carbocycles. The van der Waals surface area contributed by atoms with Crippen LogP contribution in [0.1, 0.15) is 6.92 Å². The Morgan fingerprint density at radius 1 is 1.64 bits per heavy atom. The lowest BCUT2D eigenvalue weighted by atomic mass is 10.5. The number of aromatic nitrogens is 1. The summed E-state index contributed by atoms with van der Waals surface area (Å²) in [6.07, 6.45) is 1.21. The van der Waals surface area contributed by atoms with E-state index in [0.29, 0.717) is 11.0 Å². The highest BCUT2D eigenvalue weighted by molar-refractivity contribution is 9.10. The Balaban J connectivity index is 3.15. The van der Waals surface area contributed by atoms with Gasteiger partial charge in [0, 0.05) is 12.7 Å². The minimum Gasteiger partial charge on any atom is -0.242 e. The fourth-order valence-corrected chi connectivity index (χ4v) is 2.44. The molecule has 0 aliphatic heterocycles. The molecule has 0 unspecified atom stereocenters. The van der Waals surface area contributed by atoms with Crippen LogP contribution in [0.25, 0.3) is 0 Å². The molecule has 1 aromatic rings. The second-order valence-corrected chi connectivity index (χ2v) is 5.42. The Kier molecular flexibility index (Phi) is 3.88. The summed E-state index contributed by atoms with van der Waals surface area (Å²) < 4.78 is 25.8. The summed E-state index contributed by atoms with van der Waals surface area (Å²) in [6, 6.07) is 1.41. The summed E-state index contributed by atoms with van der Waals surface area (Å²) in [5, 5.41) is 0.237. The standard InChI is InChI=1S/C7H8BrClN2O2S/c1-2-11-14(12,13)5-3-6(8)7(9)10-4-5/h3-4,11H,2H2,1H3. The van der Waals surface area contributed by atoms with E-state index in [1.165, 1.54) is 12.3 Å². The van der Waals surface area contributed by atoms with E-state index in [-0.39, 0.29) is 10.0 Å². The highest BCUT2D eigenvalue weighted by atomic mass is 79.9. The van der Waals surface area contributed by atoms with Crippen LogP contribution in [0.3, 0.4) is 0 Å². The molecular formula is C7H8BrClN2O2S. The zero-order chi connectivity index (χ0) is 10.8. The first-order valence-electron chi connectivity index (χ1n) is 3.78. The van der Waals surface area contributed by atoms with Crippen molar-refractivity contribution in [2.45, 2.75) is 11.8 Å². The molecule has 78 valence electrons. The van der Waals surface area contributed by atoms with Crippen molar-refractivity contribution in [1.82, 2.24) is 9.71 Å². The number of nitrogens with zero attached hydrogens (tertiary/aromatic N) is 1. The van der Waals surface area contributed by atoms with Crippen LogP contribution in [0, 0.1) is 0 Å². The van der Waals surface area contributed by atoms with Crippen molar-refractivity contribution < 1.29 is 8.42 Å². The molecule has 4 nitrogen and oxygen atoms in total. The molecule has 0 radical (unpaired) electrons. The number of pyridine rings is 1. The van der Waals surface area contributed by atoms with E-state index in [9.17, 15) is 8.42 Å². The number of sulfonamides is 1. The quantitative estimate of drug-likeness (QED) is 0.866. The number of rotatable bonds is 3. The second-order valence-electron chi connectivity index (χ2n) is 2.44. The molecule has 0 aliphatic rings. The zero-order valence-electron chi connectivity index (χ0n) is 7.29. The van der Waals surface area contributed by atoms with Crippen molar-refractivity contribution in [2.24, 2.45) is 0 Å². The van der Waals surface area contributed by atoms with Crippen molar-refractivity contribution >= 4 is 37.6 Å². The third kappa shape index (κ3) is 2.66. The lowest BCUT2D eigenvalue weighted by molar-refractivity contribution is 0.583. The number of nitrogens with one attached hydrogen (secondary N) is 1. The summed E-state index contributed by atoms with van der Waals surface area (Å²) in [6.45, 7) is 2.04. The van der Waals surface area contributed by atoms with E-state index in [1.54, 1.807) is 6.92 Å². The predicted octanol–water partition coefficient (Wildman–Crippen LogP) is 1.80. The lowest BCUT2D eigenvalue weighted by Crippen LogP contribution is -2.23. The van der Waals surface area contributed by atoms with Crippen molar-refractivity contribution in [3.8, 4) is 0 Å². The maximum Gasteiger partial charge on any atom is 0.242 e. The van der Waals surface area contributed by atoms with Gasteiger partial charge < -0.3 is 0 Å². The number of halogens is 2. The SMILES string of the molecule is CCNS(=O)(=O)c1cnc(Cl)c(Br)c1. The molecule has 0 bridgehead atoms. The van der Waals surface area contributed by atoms with Crippen LogP contribution in [-0.4, -0.2) is 19.9 Å². The molecule has 14 heavy (non-hydrogen) atoms. The minimum atomic E-state index is -3.45. The topological polar surface area (TPSA) is 59.1 Å². The van der Waals surface area contributed by atoms with Gasteiger partial charge in [0.05, 0.1) is 4.47 Å². The van der Waals surface area contributed by atoms with E-state index in [1.807, 2.05) is 0 Å². The van der Waals surface area contributed by atoms with E-state index in [0.717, 1.165) is 0 Å². The Morgan fingerprint density at radius 3 is 2.79 bits per heavy atom. The molecule has 7 heteroatoms. The van der Waals surface area contributed by atoms with Gasteiger partial charge in [-0.25, -0.2) is 18.1 Å². The van der Waals surface area contributed by atoms with Crippen LogP contribution in [-0.2, 0) is 10.0 Å². The van der Waals surface area contributed by atoms with Gasteiger partial charge in [-0.1, -0.05) is 18.5 Å². The summed E-state index contributed by atoms with van der Waals surface area (Å²) in [5.74, 6) is 0. The van der Waals surface area contributed by atoms with Gasteiger partial charge in [-0.05, 0) is 22.0 Å². The smallest absolute Gasteiger partial charge is 0.242 e. The van der Waals surface area contributed by atoms with Gasteiger partial charge in [0.2, 0.25) is 10.0 Å². The summed E-state index contributed by atoms with van der Waals surface area (Å²) in [7, 11) is -3.45. The average Bonchev–Trinajstić information content (AvgIpc) is 2.09. The van der Waals surface area contributed by atoms with Crippen LogP contribution < -0.4 is 4.72 Å². The Morgan fingerprint density at radius 2 is 2.29 bits per heavy atom. The fourth-order valence-electron chi connectivity index (χ4n) is 0.824. The first-order valence-corrected chi connectivity index (χ1v) is 6.43. The largest absolute Gasteiger partial charge is 0.242 e. The molecule has 1 N–H and O–H groups in total. The molecule has 1 rings (SSSR count). The highest BCUT2D eigenvalue weighted by Crippen LogP contribution is 2.22. The third-order valence-corrected chi connectivity index (χ3v) is 4.06. The second kappa shape index (κ2) is 4.57. The minimum absolute atomic E-state index is 0.0932. The van der Waals surface area contributed by atoms with Crippen LogP contribution >= 0.6 is 27.5 Å². The Labute approximate surface area is 95.9 Å². The molecule has 0 saturated carbocycles. The van der Waals surface area contributed by atoms with Crippen molar-refractivity contribution in [3.63, 3.8) is 0 Å². The van der Waals surface area contributed by atoms with E-state index < -0.39 is 10.0 Å². The van der Waals surface area contributed by atoms with Gasteiger partial charge in [-0.3, -0.25) is 0 Å². The van der Waals surface area contributed by atoms with Crippen molar-refractivity contribution in [1.29, 1.82) is 0 Å². The summed E-state index contributed by atoms with van der Waals surface area (Å²) in [4.78, 5) is 3.82. The lowest BCUT2D eigenvalue weighted by Gasteiger charge is -2.04. The van der Waals surface area contributed by atoms with Crippen LogP contribution in [0.5, 0.6) is 0 Å². The summed E-state index contributed by atoms with van der Waals surface area (Å²) in [5.41, 5.74) is 0.